The Bertz CT molecular complexity index is 656. The summed E-state index contributed by atoms with van der Waals surface area (Å²) >= 11 is 0. The van der Waals surface area contributed by atoms with Crippen LogP contribution in [0.25, 0.3) is 0 Å². The van der Waals surface area contributed by atoms with Crippen molar-refractivity contribution in [2.75, 3.05) is 13.2 Å². The van der Waals surface area contributed by atoms with Crippen LogP contribution in [-0.2, 0) is 23.0 Å². The van der Waals surface area contributed by atoms with Crippen molar-refractivity contribution < 1.29 is 22.7 Å². The minimum Gasteiger partial charge on any atom is -0.354 e. The second kappa shape index (κ2) is 7.96. The molecule has 0 aliphatic rings. The second-order valence-electron chi connectivity index (χ2n) is 5.20. The number of hydrogen-bond donors (Lipinski definition) is 1. The van der Waals surface area contributed by atoms with Gasteiger partial charge in [-0.2, -0.15) is 13.2 Å². The Morgan fingerprint density at radius 3 is 2.62 bits per heavy atom. The van der Waals surface area contributed by atoms with Gasteiger partial charge in [0.1, 0.15) is 12.4 Å². The fourth-order valence-electron chi connectivity index (χ4n) is 2.17. The molecular formula is C16H18F3N3O2. The summed E-state index contributed by atoms with van der Waals surface area (Å²) in [4.78, 5) is 15.8. The molecule has 1 amide bonds. The third-order valence-electron chi connectivity index (χ3n) is 3.37. The van der Waals surface area contributed by atoms with Crippen LogP contribution in [0.5, 0.6) is 0 Å². The molecule has 1 heterocycles. The van der Waals surface area contributed by atoms with Crippen LogP contribution < -0.4 is 5.32 Å². The maximum Gasteiger partial charge on any atom is 0.418 e. The largest absolute Gasteiger partial charge is 0.418 e. The number of ether oxygens (including phenoxy) is 1. The first kappa shape index (κ1) is 18.0. The molecule has 0 aliphatic carbocycles. The number of nitrogens with one attached hydrogen (secondary N) is 1. The van der Waals surface area contributed by atoms with E-state index >= 15 is 0 Å². The molecule has 1 N–H and O–H groups in total. The normalized spacial score (nSPS) is 12.8. The molecule has 1 aromatic heterocycles. The van der Waals surface area contributed by atoms with Gasteiger partial charge in [-0.05, 0) is 5.56 Å². The van der Waals surface area contributed by atoms with Crippen LogP contribution in [0.2, 0.25) is 0 Å². The van der Waals surface area contributed by atoms with E-state index in [1.807, 2.05) is 7.05 Å². The fourth-order valence-corrected chi connectivity index (χ4v) is 2.17. The Morgan fingerprint density at radius 1 is 1.33 bits per heavy atom. The van der Waals surface area contributed by atoms with Crippen molar-refractivity contribution in [3.63, 3.8) is 0 Å². The Kier molecular flexibility index (Phi) is 5.97. The molecule has 0 fully saturated rings. The molecule has 0 saturated heterocycles. The van der Waals surface area contributed by atoms with E-state index in [1.54, 1.807) is 23.0 Å². The highest BCUT2D eigenvalue weighted by Gasteiger charge is 2.42. The minimum atomic E-state index is -4.59. The number of carbonyl (C=O) groups excluding carboxylic acids is 1. The molecule has 2 rings (SSSR count). The second-order valence-corrected chi connectivity index (χ2v) is 5.20. The van der Waals surface area contributed by atoms with E-state index in [2.05, 4.69) is 10.3 Å². The first-order chi connectivity index (χ1) is 11.4. The summed E-state index contributed by atoms with van der Waals surface area (Å²) in [5.41, 5.74) is -0.0363. The minimum absolute atomic E-state index is 0.0363. The number of imidazole rings is 1. The molecule has 1 atom stereocenters. The van der Waals surface area contributed by atoms with Crippen LogP contribution >= 0.6 is 0 Å². The number of halogens is 3. The van der Waals surface area contributed by atoms with E-state index in [0.717, 1.165) is 5.82 Å². The van der Waals surface area contributed by atoms with Crippen molar-refractivity contribution in [1.82, 2.24) is 14.9 Å². The maximum absolute atomic E-state index is 13.1. The lowest BCUT2D eigenvalue weighted by atomic mass is 10.1. The van der Waals surface area contributed by atoms with Crippen molar-refractivity contribution in [3.05, 3.63) is 54.1 Å². The lowest BCUT2D eigenvalue weighted by Crippen LogP contribution is -2.33. The Balaban J connectivity index is 1.83. The molecular weight excluding hydrogens is 323 g/mol. The number of amides is 1. The third kappa shape index (κ3) is 5.09. The summed E-state index contributed by atoms with van der Waals surface area (Å²) in [6.07, 6.45) is -2.83. The monoisotopic (exact) mass is 341 g/mol. The van der Waals surface area contributed by atoms with E-state index in [4.69, 9.17) is 4.74 Å². The predicted molar refractivity (Wildman–Crippen MR) is 81.1 cm³/mol. The number of nitrogens with zero attached hydrogens (tertiary/aromatic N) is 2. The van der Waals surface area contributed by atoms with Crippen LogP contribution in [-0.4, -0.2) is 34.8 Å². The van der Waals surface area contributed by atoms with Crippen molar-refractivity contribution in [1.29, 1.82) is 0 Å². The van der Waals surface area contributed by atoms with Gasteiger partial charge in [0.25, 0.3) is 0 Å². The molecule has 5 nitrogen and oxygen atoms in total. The van der Waals surface area contributed by atoms with Gasteiger partial charge in [0.15, 0.2) is 6.10 Å². The molecule has 0 aliphatic heterocycles. The highest BCUT2D eigenvalue weighted by Crippen LogP contribution is 2.35. The average Bonchev–Trinajstić information content (AvgIpc) is 2.92. The summed E-state index contributed by atoms with van der Waals surface area (Å²) in [6, 6.07) is 7.23. The van der Waals surface area contributed by atoms with Gasteiger partial charge in [0, 0.05) is 32.4 Å². The van der Waals surface area contributed by atoms with E-state index in [-0.39, 0.29) is 12.1 Å². The van der Waals surface area contributed by atoms with Crippen LogP contribution in [0, 0.1) is 0 Å². The summed E-state index contributed by atoms with van der Waals surface area (Å²) in [5, 5.41) is 2.52. The molecule has 0 radical (unpaired) electrons. The zero-order valence-corrected chi connectivity index (χ0v) is 13.1. The summed E-state index contributed by atoms with van der Waals surface area (Å²) < 4.78 is 45.8. The molecule has 2 aromatic rings. The lowest BCUT2D eigenvalue weighted by Gasteiger charge is -2.21. The van der Waals surface area contributed by atoms with Crippen molar-refractivity contribution in [2.45, 2.75) is 18.7 Å². The molecule has 0 bridgehead atoms. The number of benzene rings is 1. The maximum atomic E-state index is 13.1. The topological polar surface area (TPSA) is 56.2 Å². The number of hydrogen-bond acceptors (Lipinski definition) is 3. The first-order valence-electron chi connectivity index (χ1n) is 7.34. The highest BCUT2D eigenvalue weighted by molar-refractivity contribution is 5.77. The Hall–Kier alpha value is -2.35. The van der Waals surface area contributed by atoms with Gasteiger partial charge in [-0.3, -0.25) is 4.79 Å². The average molecular weight is 341 g/mol. The van der Waals surface area contributed by atoms with Gasteiger partial charge in [-0.25, -0.2) is 4.98 Å². The van der Waals surface area contributed by atoms with Gasteiger partial charge >= 0.3 is 6.18 Å². The molecule has 130 valence electrons. The highest BCUT2D eigenvalue weighted by atomic mass is 19.4. The van der Waals surface area contributed by atoms with E-state index in [9.17, 15) is 18.0 Å². The summed E-state index contributed by atoms with van der Waals surface area (Å²) in [7, 11) is 1.82. The standard InChI is InChI=1S/C16H18F3N3O2/c1-22-10-9-20-13(22)7-8-21-14(23)11-24-15(16(17,18)19)12-5-3-2-4-6-12/h2-6,9-10,15H,7-8,11H2,1H3,(H,21,23)/t15-/m1/s1. The number of alkyl halides is 3. The summed E-state index contributed by atoms with van der Waals surface area (Å²) in [5.74, 6) is 0.170. The van der Waals surface area contributed by atoms with E-state index < -0.39 is 24.8 Å². The number of carbonyl (C=O) groups is 1. The van der Waals surface area contributed by atoms with Gasteiger partial charge in [-0.15, -0.1) is 0 Å². The van der Waals surface area contributed by atoms with Gasteiger partial charge in [0.2, 0.25) is 5.91 Å². The Labute approximate surface area is 137 Å². The predicted octanol–water partition coefficient (Wildman–Crippen LogP) is 2.40. The summed E-state index contributed by atoms with van der Waals surface area (Å²) in [6.45, 7) is -0.394. The number of aromatic nitrogens is 2. The van der Waals surface area contributed by atoms with Crippen LogP contribution in [0.1, 0.15) is 17.5 Å². The first-order valence-corrected chi connectivity index (χ1v) is 7.34. The SMILES string of the molecule is Cn1ccnc1CCNC(=O)CO[C@H](c1ccccc1)C(F)(F)F. The van der Waals surface area contributed by atoms with Gasteiger partial charge in [-0.1, -0.05) is 30.3 Å². The fraction of sp³-hybridized carbons (Fsp3) is 0.375. The molecule has 0 spiro atoms. The molecule has 24 heavy (non-hydrogen) atoms. The van der Waals surface area contributed by atoms with Crippen LogP contribution in [0.4, 0.5) is 13.2 Å². The van der Waals surface area contributed by atoms with Crippen LogP contribution in [0.3, 0.4) is 0 Å². The third-order valence-corrected chi connectivity index (χ3v) is 3.37. The number of aryl methyl sites for hydroxylation is 1. The smallest absolute Gasteiger partial charge is 0.354 e. The lowest BCUT2D eigenvalue weighted by molar-refractivity contribution is -0.223. The van der Waals surface area contributed by atoms with Gasteiger partial charge < -0.3 is 14.6 Å². The van der Waals surface area contributed by atoms with Crippen molar-refractivity contribution in [2.24, 2.45) is 7.05 Å². The van der Waals surface area contributed by atoms with E-state index in [1.165, 1.54) is 24.3 Å². The molecule has 0 unspecified atom stereocenters. The zero-order valence-electron chi connectivity index (χ0n) is 13.1. The van der Waals surface area contributed by atoms with E-state index in [0.29, 0.717) is 6.42 Å². The van der Waals surface area contributed by atoms with Crippen LogP contribution in [0.15, 0.2) is 42.7 Å². The molecule has 1 aromatic carbocycles. The van der Waals surface area contributed by atoms with Crippen molar-refractivity contribution >= 4 is 5.91 Å². The quantitative estimate of drug-likeness (QED) is 0.841. The van der Waals surface area contributed by atoms with Crippen molar-refractivity contribution in [3.8, 4) is 0 Å². The zero-order chi connectivity index (χ0) is 17.6. The van der Waals surface area contributed by atoms with Gasteiger partial charge in [0.05, 0.1) is 0 Å². The number of rotatable bonds is 7. The Morgan fingerprint density at radius 2 is 2.04 bits per heavy atom. The molecule has 0 saturated carbocycles. The molecule has 8 heteroatoms.